The summed E-state index contributed by atoms with van der Waals surface area (Å²) in [6, 6.07) is 4.69. The molecule has 8 heteroatoms. The first-order valence-corrected chi connectivity index (χ1v) is 8.81. The summed E-state index contributed by atoms with van der Waals surface area (Å²) in [4.78, 5) is 37.2. The van der Waals surface area contributed by atoms with Crippen LogP contribution < -0.4 is 17.0 Å². The van der Waals surface area contributed by atoms with Crippen LogP contribution in [0, 0.1) is 9.39 Å². The molecule has 2 N–H and O–H groups in total. The Hall–Kier alpha value is -1.81. The molecule has 25 heavy (non-hydrogen) atoms. The van der Waals surface area contributed by atoms with E-state index in [1.165, 1.54) is 24.7 Å². The van der Waals surface area contributed by atoms with Gasteiger partial charge in [0.25, 0.3) is 5.56 Å². The van der Waals surface area contributed by atoms with Gasteiger partial charge in [0.05, 0.1) is 0 Å². The molecule has 134 valence electrons. The van der Waals surface area contributed by atoms with Crippen LogP contribution in [0.4, 0.5) is 4.39 Å². The number of hydrogen-bond donors (Lipinski definition) is 1. The van der Waals surface area contributed by atoms with Gasteiger partial charge in [0.2, 0.25) is 0 Å². The van der Waals surface area contributed by atoms with E-state index in [9.17, 15) is 18.8 Å². The quantitative estimate of drug-likeness (QED) is 0.522. The molecule has 0 spiro atoms. The Labute approximate surface area is 157 Å². The fourth-order valence-electron chi connectivity index (χ4n) is 2.61. The first-order valence-electron chi connectivity index (χ1n) is 7.74. The van der Waals surface area contributed by atoms with Crippen molar-refractivity contribution in [2.75, 3.05) is 6.54 Å². The van der Waals surface area contributed by atoms with E-state index in [1.54, 1.807) is 12.1 Å². The van der Waals surface area contributed by atoms with Gasteiger partial charge in [0.15, 0.2) is 5.78 Å². The molecule has 0 amide bonds. The number of ketones is 1. The summed E-state index contributed by atoms with van der Waals surface area (Å²) in [6.07, 6.45) is 0.516. The molecule has 0 radical (unpaired) electrons. The van der Waals surface area contributed by atoms with Crippen molar-refractivity contribution in [1.29, 1.82) is 0 Å². The molecule has 6 nitrogen and oxygen atoms in total. The zero-order valence-corrected chi connectivity index (χ0v) is 16.2. The number of halogens is 2. The van der Waals surface area contributed by atoms with Gasteiger partial charge in [-0.1, -0.05) is 6.07 Å². The van der Waals surface area contributed by atoms with Gasteiger partial charge in [-0.15, -0.1) is 0 Å². The highest BCUT2D eigenvalue weighted by atomic mass is 127. The highest BCUT2D eigenvalue weighted by Gasteiger charge is 2.22. The Kier molecular flexibility index (Phi) is 6.28. The van der Waals surface area contributed by atoms with E-state index in [4.69, 9.17) is 5.73 Å². The summed E-state index contributed by atoms with van der Waals surface area (Å²) in [5, 5.41) is 0. The summed E-state index contributed by atoms with van der Waals surface area (Å²) >= 11 is 1.99. The van der Waals surface area contributed by atoms with Gasteiger partial charge in [0.1, 0.15) is 11.4 Å². The molecule has 2 aromatic rings. The predicted molar refractivity (Wildman–Crippen MR) is 101 cm³/mol. The number of nitrogens with zero attached hydrogens (tertiary/aromatic N) is 2. The number of aromatic nitrogens is 2. The summed E-state index contributed by atoms with van der Waals surface area (Å²) in [6.45, 7) is 0.318. The Morgan fingerprint density at radius 2 is 1.92 bits per heavy atom. The minimum Gasteiger partial charge on any atom is -0.330 e. The van der Waals surface area contributed by atoms with Crippen molar-refractivity contribution < 1.29 is 9.18 Å². The maximum Gasteiger partial charge on any atom is 0.330 e. The molecule has 0 atom stereocenters. The van der Waals surface area contributed by atoms with Crippen LogP contribution in [0.1, 0.15) is 34.5 Å². The largest absolute Gasteiger partial charge is 0.330 e. The lowest BCUT2D eigenvalue weighted by molar-refractivity contribution is 0.0976. The average Bonchev–Trinajstić information content (AvgIpc) is 2.57. The van der Waals surface area contributed by atoms with Crippen LogP contribution in [0.15, 0.2) is 27.8 Å². The monoisotopic (exact) mass is 459 g/mol. The highest BCUT2D eigenvalue weighted by molar-refractivity contribution is 14.1. The van der Waals surface area contributed by atoms with Crippen molar-refractivity contribution in [1.82, 2.24) is 9.13 Å². The van der Waals surface area contributed by atoms with Crippen molar-refractivity contribution in [2.45, 2.75) is 19.3 Å². The molecule has 0 aliphatic rings. The zero-order valence-electron chi connectivity index (χ0n) is 14.0. The molecule has 0 aliphatic heterocycles. The number of carbonyl (C=O) groups is 1. The minimum absolute atomic E-state index is 0.0196. The lowest BCUT2D eigenvalue weighted by Crippen LogP contribution is -2.42. The van der Waals surface area contributed by atoms with Gasteiger partial charge >= 0.3 is 5.69 Å². The highest BCUT2D eigenvalue weighted by Crippen LogP contribution is 2.17. The third kappa shape index (κ3) is 4.06. The summed E-state index contributed by atoms with van der Waals surface area (Å²) in [5.41, 5.74) is 4.68. The van der Waals surface area contributed by atoms with E-state index in [0.717, 1.165) is 8.14 Å². The fourth-order valence-corrected chi connectivity index (χ4v) is 3.06. The maximum absolute atomic E-state index is 14.2. The van der Waals surface area contributed by atoms with Crippen molar-refractivity contribution in [3.05, 3.63) is 65.2 Å². The number of benzene rings is 1. The van der Waals surface area contributed by atoms with Crippen molar-refractivity contribution >= 4 is 28.4 Å². The molecule has 0 fully saturated rings. The van der Waals surface area contributed by atoms with Gasteiger partial charge in [-0.25, -0.2) is 9.18 Å². The number of hydrogen-bond acceptors (Lipinski definition) is 4. The van der Waals surface area contributed by atoms with E-state index >= 15 is 0 Å². The van der Waals surface area contributed by atoms with Crippen LogP contribution in [0.2, 0.25) is 0 Å². The van der Waals surface area contributed by atoms with Gasteiger partial charge in [0, 0.05) is 36.2 Å². The minimum atomic E-state index is -0.661. The van der Waals surface area contributed by atoms with Crippen LogP contribution in [0.5, 0.6) is 0 Å². The van der Waals surface area contributed by atoms with Crippen molar-refractivity contribution in [3.63, 3.8) is 0 Å². The first kappa shape index (κ1) is 19.5. The molecule has 0 aliphatic carbocycles. The third-order valence-corrected chi connectivity index (χ3v) is 4.72. The molecule has 0 saturated carbocycles. The second kappa shape index (κ2) is 8.05. The van der Waals surface area contributed by atoms with E-state index < -0.39 is 17.1 Å². The van der Waals surface area contributed by atoms with Crippen LogP contribution in [0.25, 0.3) is 0 Å². The summed E-state index contributed by atoms with van der Waals surface area (Å²) in [5.74, 6) is -0.831. The molecule has 1 aromatic heterocycles. The van der Waals surface area contributed by atoms with E-state index in [2.05, 4.69) is 0 Å². The Bertz CT molecular complexity index is 934. The van der Waals surface area contributed by atoms with E-state index in [-0.39, 0.29) is 29.9 Å². The van der Waals surface area contributed by atoms with Crippen molar-refractivity contribution in [3.8, 4) is 0 Å². The van der Waals surface area contributed by atoms with Crippen molar-refractivity contribution in [2.24, 2.45) is 19.8 Å². The number of Topliss-reactive ketones (excluding diaryl/α,β-unsaturated/α-hetero) is 1. The average molecular weight is 459 g/mol. The molecule has 0 bridgehead atoms. The molecule has 0 saturated heterocycles. The predicted octanol–water partition coefficient (Wildman–Crippen LogP) is 1.34. The first-order chi connectivity index (χ1) is 11.8. The van der Waals surface area contributed by atoms with Crippen LogP contribution >= 0.6 is 22.6 Å². The summed E-state index contributed by atoms with van der Waals surface area (Å²) < 4.78 is 17.1. The Morgan fingerprint density at radius 1 is 1.24 bits per heavy atom. The van der Waals surface area contributed by atoms with E-state index in [1.807, 2.05) is 22.6 Å². The Balaban J connectivity index is 2.64. The van der Waals surface area contributed by atoms with Gasteiger partial charge in [-0.2, -0.15) is 0 Å². The lowest BCUT2D eigenvalue weighted by atomic mass is 10.0. The molecular formula is C17H19FIN3O3. The molecule has 1 aromatic carbocycles. The summed E-state index contributed by atoms with van der Waals surface area (Å²) in [7, 11) is 2.79. The SMILES string of the molecule is Cn1c(Cc2ccc(I)cc2F)c(C(=O)CCCN)c(=O)n(C)c1=O. The third-order valence-electron chi connectivity index (χ3n) is 4.05. The number of carbonyl (C=O) groups excluding carboxylic acids is 1. The van der Waals surface area contributed by atoms with E-state index in [0.29, 0.717) is 18.5 Å². The Morgan fingerprint density at radius 3 is 2.52 bits per heavy atom. The lowest BCUT2D eigenvalue weighted by Gasteiger charge is -2.15. The number of rotatable bonds is 6. The second-order valence-electron chi connectivity index (χ2n) is 5.76. The molecule has 0 unspecified atom stereocenters. The molecule has 2 rings (SSSR count). The smallest absolute Gasteiger partial charge is 0.330 e. The molecule has 1 heterocycles. The normalized spacial score (nSPS) is 10.9. The van der Waals surface area contributed by atoms with Crippen LogP contribution in [-0.4, -0.2) is 21.5 Å². The van der Waals surface area contributed by atoms with Crippen LogP contribution in [-0.2, 0) is 20.5 Å². The van der Waals surface area contributed by atoms with Gasteiger partial charge < -0.3 is 5.73 Å². The number of nitrogens with two attached hydrogens (primary N) is 1. The fraction of sp³-hybridized carbons (Fsp3) is 0.353. The topological polar surface area (TPSA) is 87.1 Å². The second-order valence-corrected chi connectivity index (χ2v) is 7.00. The van der Waals surface area contributed by atoms with Crippen LogP contribution in [0.3, 0.4) is 0 Å². The molecular weight excluding hydrogens is 440 g/mol. The van der Waals surface area contributed by atoms with Gasteiger partial charge in [-0.3, -0.25) is 18.7 Å². The zero-order chi connectivity index (χ0) is 18.7. The maximum atomic E-state index is 14.2. The van der Waals surface area contributed by atoms with Gasteiger partial charge in [-0.05, 0) is 53.3 Å². The standard InChI is InChI=1S/C17H19FIN3O3/c1-21-13(8-10-5-6-11(19)9-12(10)18)15(14(23)4-3-7-20)16(24)22(2)17(21)25/h5-6,9H,3-4,7-8,20H2,1-2H3.